The zero-order chi connectivity index (χ0) is 16.4. The van der Waals surface area contributed by atoms with E-state index < -0.39 is 0 Å². The predicted octanol–water partition coefficient (Wildman–Crippen LogP) is 3.18. The number of aromatic nitrogens is 2. The van der Waals surface area contributed by atoms with Crippen LogP contribution in [0.3, 0.4) is 0 Å². The number of phenols is 1. The van der Waals surface area contributed by atoms with Gasteiger partial charge in [-0.3, -0.25) is 9.89 Å². The first-order valence-corrected chi connectivity index (χ1v) is 6.93. The number of nitrogen functional groups attached to an aromatic ring is 1. The van der Waals surface area contributed by atoms with Crippen LogP contribution in [0.15, 0.2) is 63.6 Å². The van der Waals surface area contributed by atoms with Gasteiger partial charge in [-0.05, 0) is 37.3 Å². The van der Waals surface area contributed by atoms with Crippen molar-refractivity contribution in [1.29, 1.82) is 0 Å². The van der Waals surface area contributed by atoms with Crippen LogP contribution in [0.1, 0.15) is 5.69 Å². The van der Waals surface area contributed by atoms with Crippen molar-refractivity contribution >= 4 is 17.1 Å². The number of hydrogen-bond donors (Lipinski definition) is 3. The summed E-state index contributed by atoms with van der Waals surface area (Å²) in [5.41, 5.74) is 7.52. The maximum absolute atomic E-state index is 12.4. The van der Waals surface area contributed by atoms with E-state index in [4.69, 9.17) is 5.73 Å². The highest BCUT2D eigenvalue weighted by Gasteiger charge is 2.11. The average Bonchev–Trinajstić information content (AvgIpc) is 2.84. The Balaban J connectivity index is 1.98. The number of anilines is 1. The Kier molecular flexibility index (Phi) is 3.68. The third kappa shape index (κ3) is 2.84. The number of hydrogen-bond acceptors (Lipinski definition) is 5. The first-order valence-electron chi connectivity index (χ1n) is 6.93. The van der Waals surface area contributed by atoms with E-state index in [0.29, 0.717) is 11.4 Å². The first kappa shape index (κ1) is 14.6. The molecule has 7 heteroatoms. The number of H-pyrrole nitrogens is 1. The summed E-state index contributed by atoms with van der Waals surface area (Å²) in [5.74, 6) is -0.0202. The number of aryl methyl sites for hydroxylation is 1. The minimum Gasteiger partial charge on any atom is -0.506 e. The molecule has 0 atom stereocenters. The zero-order valence-electron chi connectivity index (χ0n) is 12.4. The molecule has 7 nitrogen and oxygen atoms in total. The van der Waals surface area contributed by atoms with E-state index in [1.807, 2.05) is 30.3 Å². The van der Waals surface area contributed by atoms with Crippen molar-refractivity contribution in [3.8, 4) is 11.4 Å². The molecule has 0 amide bonds. The molecule has 0 radical (unpaired) electrons. The summed E-state index contributed by atoms with van der Waals surface area (Å²) in [7, 11) is 0. The molecule has 0 bridgehead atoms. The molecule has 116 valence electrons. The first-order chi connectivity index (χ1) is 11.1. The fourth-order valence-electron chi connectivity index (χ4n) is 2.13. The summed E-state index contributed by atoms with van der Waals surface area (Å²) in [6.45, 7) is 1.75. The molecular weight excluding hydrogens is 294 g/mol. The molecular formula is C16H15N5O2. The van der Waals surface area contributed by atoms with Gasteiger partial charge in [0, 0.05) is 0 Å². The smallest absolute Gasteiger partial charge is 0.299 e. The Hall–Kier alpha value is -3.35. The SMILES string of the molecule is Cc1[nH]n(-c2ccccc2)c(=O)c1N=Nc1ccc(O)c(N)c1. The van der Waals surface area contributed by atoms with Crippen molar-refractivity contribution in [3.05, 3.63) is 64.6 Å². The molecule has 0 saturated carbocycles. The lowest BCUT2D eigenvalue weighted by Gasteiger charge is -1.99. The van der Waals surface area contributed by atoms with E-state index >= 15 is 0 Å². The van der Waals surface area contributed by atoms with Crippen molar-refractivity contribution in [2.45, 2.75) is 6.92 Å². The van der Waals surface area contributed by atoms with Gasteiger partial charge in [-0.1, -0.05) is 18.2 Å². The van der Waals surface area contributed by atoms with E-state index in [-0.39, 0.29) is 22.7 Å². The maximum atomic E-state index is 12.4. The lowest BCUT2D eigenvalue weighted by atomic mass is 10.3. The number of phenolic OH excluding ortho intramolecular Hbond substituents is 1. The van der Waals surface area contributed by atoms with Crippen LogP contribution in [0.5, 0.6) is 5.75 Å². The van der Waals surface area contributed by atoms with Crippen LogP contribution >= 0.6 is 0 Å². The van der Waals surface area contributed by atoms with Crippen molar-refractivity contribution in [1.82, 2.24) is 9.78 Å². The number of rotatable bonds is 3. The van der Waals surface area contributed by atoms with Gasteiger partial charge in [0.1, 0.15) is 5.75 Å². The Labute approximate surface area is 131 Å². The van der Waals surface area contributed by atoms with Crippen LogP contribution in [-0.2, 0) is 0 Å². The fraction of sp³-hybridized carbons (Fsp3) is 0.0625. The van der Waals surface area contributed by atoms with Crippen molar-refractivity contribution in [3.63, 3.8) is 0 Å². The third-order valence-electron chi connectivity index (χ3n) is 3.33. The van der Waals surface area contributed by atoms with Gasteiger partial charge in [0.25, 0.3) is 5.56 Å². The fourth-order valence-corrected chi connectivity index (χ4v) is 2.13. The Morgan fingerprint density at radius 3 is 2.57 bits per heavy atom. The Bertz CT molecular complexity index is 925. The van der Waals surface area contributed by atoms with E-state index in [9.17, 15) is 9.90 Å². The van der Waals surface area contributed by atoms with Gasteiger partial charge < -0.3 is 10.8 Å². The largest absolute Gasteiger partial charge is 0.506 e. The Morgan fingerprint density at radius 2 is 1.87 bits per heavy atom. The van der Waals surface area contributed by atoms with Crippen molar-refractivity contribution in [2.24, 2.45) is 10.2 Å². The second kappa shape index (κ2) is 5.80. The number of aromatic amines is 1. The summed E-state index contributed by atoms with van der Waals surface area (Å²) in [4.78, 5) is 12.4. The monoisotopic (exact) mass is 309 g/mol. The molecule has 0 aliphatic heterocycles. The summed E-state index contributed by atoms with van der Waals surface area (Å²) >= 11 is 0. The molecule has 0 saturated heterocycles. The number of nitrogens with one attached hydrogen (secondary N) is 1. The summed E-state index contributed by atoms with van der Waals surface area (Å²) in [6, 6.07) is 13.7. The molecule has 0 aliphatic rings. The van der Waals surface area contributed by atoms with E-state index in [0.717, 1.165) is 5.69 Å². The number of aromatic hydroxyl groups is 1. The van der Waals surface area contributed by atoms with Crippen LogP contribution < -0.4 is 11.3 Å². The molecule has 1 heterocycles. The molecule has 0 unspecified atom stereocenters. The van der Waals surface area contributed by atoms with Crippen LogP contribution in [0.4, 0.5) is 17.1 Å². The molecule has 0 aliphatic carbocycles. The molecule has 0 fully saturated rings. The van der Waals surface area contributed by atoms with Gasteiger partial charge in [-0.25, -0.2) is 4.68 Å². The van der Waals surface area contributed by atoms with E-state index in [1.165, 1.54) is 16.8 Å². The summed E-state index contributed by atoms with van der Waals surface area (Å²) < 4.78 is 1.41. The molecule has 3 rings (SSSR count). The number of nitrogens with zero attached hydrogens (tertiary/aromatic N) is 3. The van der Waals surface area contributed by atoms with Gasteiger partial charge in [0.15, 0.2) is 5.69 Å². The molecule has 2 aromatic carbocycles. The normalized spacial score (nSPS) is 11.2. The third-order valence-corrected chi connectivity index (χ3v) is 3.33. The molecule has 4 N–H and O–H groups in total. The standard InChI is InChI=1S/C16H15N5O2/c1-10-15(19-18-11-7-8-14(22)13(17)9-11)16(23)21(20-10)12-5-3-2-4-6-12/h2-9,20,22H,17H2,1H3. The van der Waals surface area contributed by atoms with Gasteiger partial charge in [-0.2, -0.15) is 5.11 Å². The summed E-state index contributed by atoms with van der Waals surface area (Å²) in [6.07, 6.45) is 0. The minimum atomic E-state index is -0.288. The van der Waals surface area contributed by atoms with Crippen molar-refractivity contribution in [2.75, 3.05) is 5.73 Å². The van der Waals surface area contributed by atoms with Gasteiger partial charge in [-0.15, -0.1) is 5.11 Å². The topological polar surface area (TPSA) is 109 Å². The average molecular weight is 309 g/mol. The van der Waals surface area contributed by atoms with Crippen molar-refractivity contribution < 1.29 is 5.11 Å². The van der Waals surface area contributed by atoms with Crippen LogP contribution in [0.2, 0.25) is 0 Å². The highest BCUT2D eigenvalue weighted by molar-refractivity contribution is 5.59. The highest BCUT2D eigenvalue weighted by atomic mass is 16.3. The quantitative estimate of drug-likeness (QED) is 0.392. The number of azo groups is 1. The van der Waals surface area contributed by atoms with Gasteiger partial charge in [0.2, 0.25) is 0 Å². The molecule has 23 heavy (non-hydrogen) atoms. The molecule has 0 spiro atoms. The molecule has 1 aromatic heterocycles. The number of para-hydroxylation sites is 1. The van der Waals surface area contributed by atoms with Gasteiger partial charge in [0.05, 0.1) is 22.8 Å². The minimum absolute atomic E-state index is 0.0202. The summed E-state index contributed by atoms with van der Waals surface area (Å²) in [5, 5.41) is 20.4. The second-order valence-corrected chi connectivity index (χ2v) is 5.00. The van der Waals surface area contributed by atoms with E-state index in [1.54, 1.807) is 13.0 Å². The van der Waals surface area contributed by atoms with E-state index in [2.05, 4.69) is 15.3 Å². The Morgan fingerprint density at radius 1 is 1.13 bits per heavy atom. The van der Waals surface area contributed by atoms with Crippen LogP contribution in [-0.4, -0.2) is 14.9 Å². The van der Waals surface area contributed by atoms with Crippen LogP contribution in [0.25, 0.3) is 5.69 Å². The van der Waals surface area contributed by atoms with Crippen LogP contribution in [0, 0.1) is 6.92 Å². The number of benzene rings is 2. The predicted molar refractivity (Wildman–Crippen MR) is 87.8 cm³/mol. The second-order valence-electron chi connectivity index (χ2n) is 5.00. The highest BCUT2D eigenvalue weighted by Crippen LogP contribution is 2.26. The molecule has 3 aromatic rings. The zero-order valence-corrected chi connectivity index (χ0v) is 12.4. The maximum Gasteiger partial charge on any atom is 0.299 e. The lowest BCUT2D eigenvalue weighted by molar-refractivity contribution is 0.478. The lowest BCUT2D eigenvalue weighted by Crippen LogP contribution is -2.13. The number of nitrogens with two attached hydrogens (primary N) is 1. The van der Waals surface area contributed by atoms with Gasteiger partial charge >= 0.3 is 0 Å².